The zero-order valence-corrected chi connectivity index (χ0v) is 16.6. The largest absolute Gasteiger partial charge is 0.353 e. The van der Waals surface area contributed by atoms with Crippen molar-refractivity contribution in [2.24, 2.45) is 0 Å². The van der Waals surface area contributed by atoms with Crippen molar-refractivity contribution in [3.63, 3.8) is 0 Å². The third-order valence-corrected chi connectivity index (χ3v) is 6.92. The van der Waals surface area contributed by atoms with Gasteiger partial charge in [0.2, 0.25) is 5.91 Å². The van der Waals surface area contributed by atoms with Crippen molar-refractivity contribution >= 4 is 11.8 Å². The molecular formula is C24H27N3O2. The number of carbonyl (C=O) groups excluding carboxylic acids is 2. The molecule has 1 aromatic heterocycles. The molecule has 5 nitrogen and oxygen atoms in total. The summed E-state index contributed by atoms with van der Waals surface area (Å²) in [5.41, 5.74) is 3.54. The van der Waals surface area contributed by atoms with Gasteiger partial charge in [-0.3, -0.25) is 14.6 Å². The van der Waals surface area contributed by atoms with Gasteiger partial charge in [-0.25, -0.2) is 0 Å². The Morgan fingerprint density at radius 3 is 2.52 bits per heavy atom. The van der Waals surface area contributed by atoms with Crippen LogP contribution in [0.3, 0.4) is 0 Å². The van der Waals surface area contributed by atoms with Gasteiger partial charge in [-0.05, 0) is 66.7 Å². The van der Waals surface area contributed by atoms with E-state index in [2.05, 4.69) is 34.6 Å². The topological polar surface area (TPSA) is 62.3 Å². The lowest BCUT2D eigenvalue weighted by atomic mass is 9.73. The number of fused-ring (bicyclic) bond motifs is 2. The van der Waals surface area contributed by atoms with Gasteiger partial charge in [-0.15, -0.1) is 0 Å². The Morgan fingerprint density at radius 2 is 1.79 bits per heavy atom. The molecule has 0 bridgehead atoms. The molecule has 29 heavy (non-hydrogen) atoms. The summed E-state index contributed by atoms with van der Waals surface area (Å²) in [7, 11) is 0. The summed E-state index contributed by atoms with van der Waals surface area (Å²) >= 11 is 0. The molecule has 1 atom stereocenters. The minimum absolute atomic E-state index is 0.0916. The van der Waals surface area contributed by atoms with Gasteiger partial charge >= 0.3 is 0 Å². The number of pyridine rings is 1. The number of benzene rings is 1. The monoisotopic (exact) mass is 389 g/mol. The molecule has 1 unspecified atom stereocenters. The SMILES string of the molecule is O=C(CC1CC2(CCN(C(=O)c3ccncc3)CC2)c2ccccc21)NC1CC1. The molecule has 3 aliphatic rings. The van der Waals surface area contributed by atoms with Crippen molar-refractivity contribution < 1.29 is 9.59 Å². The Bertz CT molecular complexity index is 915. The fraction of sp³-hybridized carbons (Fsp3) is 0.458. The lowest BCUT2D eigenvalue weighted by Gasteiger charge is -2.40. The normalized spacial score (nSPS) is 22.3. The Labute approximate surface area is 171 Å². The van der Waals surface area contributed by atoms with Crippen molar-refractivity contribution in [1.82, 2.24) is 15.2 Å². The fourth-order valence-electron chi connectivity index (χ4n) is 5.24. The third kappa shape index (κ3) is 3.54. The van der Waals surface area contributed by atoms with Crippen LogP contribution < -0.4 is 5.32 Å². The van der Waals surface area contributed by atoms with Gasteiger partial charge in [-0.1, -0.05) is 24.3 Å². The highest BCUT2D eigenvalue weighted by molar-refractivity contribution is 5.94. The summed E-state index contributed by atoms with van der Waals surface area (Å²) in [6.45, 7) is 1.52. The molecule has 1 aliphatic heterocycles. The number of hydrogen-bond donors (Lipinski definition) is 1. The molecule has 1 N–H and O–H groups in total. The molecule has 1 saturated carbocycles. The molecule has 1 spiro atoms. The van der Waals surface area contributed by atoms with Crippen LogP contribution in [0.5, 0.6) is 0 Å². The molecular weight excluding hydrogens is 362 g/mol. The number of rotatable bonds is 4. The summed E-state index contributed by atoms with van der Waals surface area (Å²) in [6, 6.07) is 12.6. The van der Waals surface area contributed by atoms with E-state index in [4.69, 9.17) is 0 Å². The first kappa shape index (κ1) is 18.3. The van der Waals surface area contributed by atoms with Crippen molar-refractivity contribution in [1.29, 1.82) is 0 Å². The third-order valence-electron chi connectivity index (χ3n) is 6.92. The van der Waals surface area contributed by atoms with Gasteiger partial charge in [0.25, 0.3) is 5.91 Å². The van der Waals surface area contributed by atoms with Gasteiger partial charge in [0.05, 0.1) is 0 Å². The highest BCUT2D eigenvalue weighted by atomic mass is 16.2. The molecule has 2 aromatic rings. The Hall–Kier alpha value is -2.69. The smallest absolute Gasteiger partial charge is 0.253 e. The van der Waals surface area contributed by atoms with Gasteiger partial charge in [0.15, 0.2) is 0 Å². The molecule has 2 aliphatic carbocycles. The molecule has 2 fully saturated rings. The van der Waals surface area contributed by atoms with Crippen LogP contribution >= 0.6 is 0 Å². The van der Waals surface area contributed by atoms with Gasteiger partial charge < -0.3 is 10.2 Å². The van der Waals surface area contributed by atoms with Crippen molar-refractivity contribution in [3.8, 4) is 0 Å². The summed E-state index contributed by atoms with van der Waals surface area (Å²) in [6.07, 6.45) is 9.10. The van der Waals surface area contributed by atoms with E-state index in [9.17, 15) is 9.59 Å². The molecule has 0 radical (unpaired) electrons. The highest BCUT2D eigenvalue weighted by Gasteiger charge is 2.46. The number of aromatic nitrogens is 1. The van der Waals surface area contributed by atoms with Crippen LogP contribution in [0.1, 0.15) is 65.9 Å². The van der Waals surface area contributed by atoms with E-state index in [1.54, 1.807) is 24.5 Å². The Kier molecular flexibility index (Phi) is 4.61. The molecule has 150 valence electrons. The molecule has 2 amide bonds. The van der Waals surface area contributed by atoms with Gasteiger partial charge in [0.1, 0.15) is 0 Å². The predicted octanol–water partition coefficient (Wildman–Crippen LogP) is 3.41. The number of nitrogens with one attached hydrogen (secondary N) is 1. The van der Waals surface area contributed by atoms with Crippen molar-refractivity contribution in [2.75, 3.05) is 13.1 Å². The zero-order chi connectivity index (χ0) is 19.8. The van der Waals surface area contributed by atoms with Crippen LogP contribution in [0, 0.1) is 0 Å². The van der Waals surface area contributed by atoms with E-state index < -0.39 is 0 Å². The van der Waals surface area contributed by atoms with E-state index in [0.29, 0.717) is 18.0 Å². The fourth-order valence-corrected chi connectivity index (χ4v) is 5.24. The minimum Gasteiger partial charge on any atom is -0.353 e. The summed E-state index contributed by atoms with van der Waals surface area (Å²) in [5.74, 6) is 0.566. The van der Waals surface area contributed by atoms with Gasteiger partial charge in [-0.2, -0.15) is 0 Å². The first-order valence-electron chi connectivity index (χ1n) is 10.7. The van der Waals surface area contributed by atoms with E-state index in [1.165, 1.54) is 11.1 Å². The summed E-state index contributed by atoms with van der Waals surface area (Å²) < 4.78 is 0. The summed E-state index contributed by atoms with van der Waals surface area (Å²) in [4.78, 5) is 31.2. The van der Waals surface area contributed by atoms with Crippen LogP contribution in [-0.2, 0) is 10.2 Å². The first-order valence-corrected chi connectivity index (χ1v) is 10.7. The number of likely N-dealkylation sites (tertiary alicyclic amines) is 1. The quantitative estimate of drug-likeness (QED) is 0.872. The second-order valence-corrected chi connectivity index (χ2v) is 8.84. The number of hydrogen-bond acceptors (Lipinski definition) is 3. The van der Waals surface area contributed by atoms with Crippen molar-refractivity contribution in [3.05, 3.63) is 65.5 Å². The van der Waals surface area contributed by atoms with E-state index in [-0.39, 0.29) is 23.1 Å². The standard InChI is InChI=1S/C24H27N3O2/c28-22(26-19-5-6-19)15-18-16-24(21-4-2-1-3-20(18)21)9-13-27(14-10-24)23(29)17-7-11-25-12-8-17/h1-4,7-8,11-12,18-19H,5-6,9-10,13-16H2,(H,26,28). The lowest BCUT2D eigenvalue weighted by molar-refractivity contribution is -0.121. The van der Waals surface area contributed by atoms with Crippen molar-refractivity contribution in [2.45, 2.75) is 55.9 Å². The van der Waals surface area contributed by atoms with Crippen LogP contribution in [0.25, 0.3) is 0 Å². The van der Waals surface area contributed by atoms with Crippen LogP contribution in [-0.4, -0.2) is 40.8 Å². The molecule has 1 aromatic carbocycles. The first-order chi connectivity index (χ1) is 14.1. The summed E-state index contributed by atoms with van der Waals surface area (Å²) in [5, 5.41) is 3.15. The average Bonchev–Trinajstić information content (AvgIpc) is 3.53. The maximum atomic E-state index is 12.8. The second kappa shape index (κ2) is 7.29. The number of amides is 2. The van der Waals surface area contributed by atoms with E-state index in [1.807, 2.05) is 4.90 Å². The minimum atomic E-state index is 0.0916. The zero-order valence-electron chi connectivity index (χ0n) is 16.6. The maximum Gasteiger partial charge on any atom is 0.253 e. The molecule has 5 rings (SSSR count). The molecule has 1 saturated heterocycles. The molecule has 5 heteroatoms. The second-order valence-electron chi connectivity index (χ2n) is 8.84. The lowest BCUT2D eigenvalue weighted by Crippen LogP contribution is -2.44. The maximum absolute atomic E-state index is 12.8. The van der Waals surface area contributed by atoms with Crippen LogP contribution in [0.15, 0.2) is 48.8 Å². The van der Waals surface area contributed by atoms with E-state index >= 15 is 0 Å². The Morgan fingerprint density at radius 1 is 1.07 bits per heavy atom. The van der Waals surface area contributed by atoms with E-state index in [0.717, 1.165) is 45.2 Å². The van der Waals surface area contributed by atoms with Crippen LogP contribution in [0.4, 0.5) is 0 Å². The van der Waals surface area contributed by atoms with Crippen LogP contribution in [0.2, 0.25) is 0 Å². The number of piperidine rings is 1. The Balaban J connectivity index is 1.31. The average molecular weight is 389 g/mol. The highest BCUT2D eigenvalue weighted by Crippen LogP contribution is 2.52. The number of carbonyl (C=O) groups is 2. The van der Waals surface area contributed by atoms with Gasteiger partial charge in [0, 0.05) is 43.5 Å². The number of nitrogens with zero attached hydrogens (tertiary/aromatic N) is 2. The molecule has 2 heterocycles. The predicted molar refractivity (Wildman–Crippen MR) is 111 cm³/mol.